The highest BCUT2D eigenvalue weighted by Crippen LogP contribution is 2.18. The molecule has 22 heavy (non-hydrogen) atoms. The Bertz CT molecular complexity index is 468. The molecule has 1 aliphatic rings. The van der Waals surface area contributed by atoms with Crippen molar-refractivity contribution in [2.45, 2.75) is 25.5 Å². The summed E-state index contributed by atoms with van der Waals surface area (Å²) in [6, 6.07) is 7.32. The Kier molecular flexibility index (Phi) is 8.56. The van der Waals surface area contributed by atoms with Crippen molar-refractivity contribution in [3.05, 3.63) is 29.3 Å². The molecule has 2 rings (SSSR count). The van der Waals surface area contributed by atoms with E-state index >= 15 is 0 Å². The van der Waals surface area contributed by atoms with Crippen molar-refractivity contribution in [1.82, 2.24) is 10.6 Å². The smallest absolute Gasteiger partial charge is 0.221 e. The van der Waals surface area contributed by atoms with Crippen molar-refractivity contribution in [2.75, 3.05) is 26.3 Å². The SMILES string of the molecule is CC(CNC(=O)CC1COCCN1)Oc1cccc(Cl)c1.Cl. The van der Waals surface area contributed by atoms with Gasteiger partial charge >= 0.3 is 0 Å². The Morgan fingerprint density at radius 3 is 3.09 bits per heavy atom. The molecule has 1 fully saturated rings. The quantitative estimate of drug-likeness (QED) is 0.825. The molecule has 0 aliphatic carbocycles. The summed E-state index contributed by atoms with van der Waals surface area (Å²) in [5.41, 5.74) is 0. The summed E-state index contributed by atoms with van der Waals surface area (Å²) in [4.78, 5) is 11.8. The Morgan fingerprint density at radius 2 is 2.41 bits per heavy atom. The van der Waals surface area contributed by atoms with E-state index in [2.05, 4.69) is 10.6 Å². The third-order valence-electron chi connectivity index (χ3n) is 3.15. The van der Waals surface area contributed by atoms with Crippen LogP contribution in [0, 0.1) is 0 Å². The topological polar surface area (TPSA) is 59.6 Å². The van der Waals surface area contributed by atoms with Gasteiger partial charge in [-0.3, -0.25) is 4.79 Å². The Labute approximate surface area is 142 Å². The van der Waals surface area contributed by atoms with Gasteiger partial charge in [0.15, 0.2) is 0 Å². The van der Waals surface area contributed by atoms with Crippen molar-refractivity contribution >= 4 is 29.9 Å². The predicted octanol–water partition coefficient (Wildman–Crippen LogP) is 2.02. The minimum absolute atomic E-state index is 0. The summed E-state index contributed by atoms with van der Waals surface area (Å²) in [7, 11) is 0. The van der Waals surface area contributed by atoms with Crippen LogP contribution in [-0.4, -0.2) is 44.4 Å². The van der Waals surface area contributed by atoms with Crippen LogP contribution in [0.25, 0.3) is 0 Å². The summed E-state index contributed by atoms with van der Waals surface area (Å²) in [5, 5.41) is 6.76. The van der Waals surface area contributed by atoms with Crippen LogP contribution in [0.2, 0.25) is 5.02 Å². The molecule has 1 aromatic carbocycles. The van der Waals surface area contributed by atoms with E-state index in [9.17, 15) is 4.79 Å². The Morgan fingerprint density at radius 1 is 1.59 bits per heavy atom. The number of morpholine rings is 1. The zero-order valence-corrected chi connectivity index (χ0v) is 14.1. The third-order valence-corrected chi connectivity index (χ3v) is 3.39. The molecule has 1 amide bonds. The van der Waals surface area contributed by atoms with E-state index in [0.29, 0.717) is 37.0 Å². The average molecular weight is 349 g/mol. The summed E-state index contributed by atoms with van der Waals surface area (Å²) in [6.07, 6.45) is 0.298. The Hall–Kier alpha value is -1.01. The van der Waals surface area contributed by atoms with Crippen LogP contribution in [-0.2, 0) is 9.53 Å². The largest absolute Gasteiger partial charge is 0.489 e. The molecule has 0 spiro atoms. The molecule has 1 aromatic rings. The predicted molar refractivity (Wildman–Crippen MR) is 89.0 cm³/mol. The molecule has 1 saturated heterocycles. The lowest BCUT2D eigenvalue weighted by Gasteiger charge is -2.23. The first kappa shape index (κ1) is 19.0. The molecule has 7 heteroatoms. The molecule has 2 unspecified atom stereocenters. The highest BCUT2D eigenvalue weighted by atomic mass is 35.5. The number of benzene rings is 1. The fraction of sp³-hybridized carbons (Fsp3) is 0.533. The van der Waals surface area contributed by atoms with E-state index < -0.39 is 0 Å². The molecule has 1 heterocycles. The first-order valence-corrected chi connectivity index (χ1v) is 7.51. The highest BCUT2D eigenvalue weighted by Gasteiger charge is 2.17. The van der Waals surface area contributed by atoms with E-state index in [0.717, 1.165) is 6.54 Å². The molecule has 0 aromatic heterocycles. The van der Waals surface area contributed by atoms with Crippen molar-refractivity contribution in [3.8, 4) is 5.75 Å². The molecule has 0 saturated carbocycles. The minimum Gasteiger partial charge on any atom is -0.489 e. The van der Waals surface area contributed by atoms with Gasteiger partial charge in [0.2, 0.25) is 5.91 Å². The lowest BCUT2D eigenvalue weighted by molar-refractivity contribution is -0.122. The molecule has 0 radical (unpaired) electrons. The maximum Gasteiger partial charge on any atom is 0.221 e. The highest BCUT2D eigenvalue weighted by molar-refractivity contribution is 6.30. The van der Waals surface area contributed by atoms with Gasteiger partial charge in [-0.25, -0.2) is 0 Å². The Balaban J connectivity index is 0.00000242. The number of amides is 1. The minimum atomic E-state index is -0.122. The van der Waals surface area contributed by atoms with Crippen molar-refractivity contribution < 1.29 is 14.3 Å². The summed E-state index contributed by atoms with van der Waals surface area (Å²) in [5.74, 6) is 0.700. The van der Waals surface area contributed by atoms with Gasteiger partial charge < -0.3 is 20.1 Å². The molecule has 124 valence electrons. The molecule has 0 bridgehead atoms. The van der Waals surface area contributed by atoms with Gasteiger partial charge in [-0.05, 0) is 25.1 Å². The van der Waals surface area contributed by atoms with E-state index in [1.165, 1.54) is 0 Å². The summed E-state index contributed by atoms with van der Waals surface area (Å²) >= 11 is 5.90. The first-order chi connectivity index (χ1) is 10.1. The second kappa shape index (κ2) is 9.90. The second-order valence-corrected chi connectivity index (χ2v) is 5.56. The fourth-order valence-electron chi connectivity index (χ4n) is 2.12. The number of carbonyl (C=O) groups is 1. The molecular formula is C15H22Cl2N2O3. The summed E-state index contributed by atoms with van der Waals surface area (Å²) in [6.45, 7) is 4.46. The molecule has 5 nitrogen and oxygen atoms in total. The second-order valence-electron chi connectivity index (χ2n) is 5.12. The van der Waals surface area contributed by atoms with Crippen molar-refractivity contribution in [1.29, 1.82) is 0 Å². The molecule has 2 N–H and O–H groups in total. The van der Waals surface area contributed by atoms with E-state index in [-0.39, 0.29) is 30.5 Å². The number of hydrogen-bond acceptors (Lipinski definition) is 4. The van der Waals surface area contributed by atoms with Gasteiger partial charge in [0.25, 0.3) is 0 Å². The maximum atomic E-state index is 11.8. The van der Waals surface area contributed by atoms with Crippen LogP contribution in [0.15, 0.2) is 24.3 Å². The molecule has 2 atom stereocenters. The lowest BCUT2D eigenvalue weighted by atomic mass is 10.2. The number of rotatable bonds is 6. The monoisotopic (exact) mass is 348 g/mol. The van der Waals surface area contributed by atoms with E-state index in [4.69, 9.17) is 21.1 Å². The average Bonchev–Trinajstić information content (AvgIpc) is 2.46. The van der Waals surface area contributed by atoms with Crippen LogP contribution in [0.3, 0.4) is 0 Å². The van der Waals surface area contributed by atoms with Gasteiger partial charge in [-0.15, -0.1) is 12.4 Å². The van der Waals surface area contributed by atoms with Crippen molar-refractivity contribution in [3.63, 3.8) is 0 Å². The van der Waals surface area contributed by atoms with E-state index in [1.54, 1.807) is 12.1 Å². The van der Waals surface area contributed by atoms with Crippen LogP contribution in [0.4, 0.5) is 0 Å². The van der Waals surface area contributed by atoms with Gasteiger partial charge in [0.1, 0.15) is 11.9 Å². The van der Waals surface area contributed by atoms with Crippen LogP contribution < -0.4 is 15.4 Å². The van der Waals surface area contributed by atoms with Crippen LogP contribution in [0.5, 0.6) is 5.75 Å². The van der Waals surface area contributed by atoms with Crippen LogP contribution in [0.1, 0.15) is 13.3 Å². The maximum absolute atomic E-state index is 11.8. The number of ether oxygens (including phenoxy) is 2. The first-order valence-electron chi connectivity index (χ1n) is 7.13. The third kappa shape index (κ3) is 6.83. The number of carbonyl (C=O) groups excluding carboxylic acids is 1. The van der Waals surface area contributed by atoms with E-state index in [1.807, 2.05) is 19.1 Å². The summed E-state index contributed by atoms with van der Waals surface area (Å²) < 4.78 is 11.0. The normalized spacial score (nSPS) is 18.9. The van der Waals surface area contributed by atoms with Gasteiger partial charge in [0.05, 0.1) is 19.8 Å². The van der Waals surface area contributed by atoms with Gasteiger partial charge in [-0.1, -0.05) is 17.7 Å². The zero-order chi connectivity index (χ0) is 15.1. The van der Waals surface area contributed by atoms with Gasteiger partial charge in [-0.2, -0.15) is 0 Å². The van der Waals surface area contributed by atoms with Crippen molar-refractivity contribution in [2.24, 2.45) is 0 Å². The van der Waals surface area contributed by atoms with Crippen LogP contribution >= 0.6 is 24.0 Å². The molecular weight excluding hydrogens is 327 g/mol. The fourth-order valence-corrected chi connectivity index (χ4v) is 2.30. The lowest BCUT2D eigenvalue weighted by Crippen LogP contribution is -2.45. The number of nitrogens with one attached hydrogen (secondary N) is 2. The number of hydrogen-bond donors (Lipinski definition) is 2. The van der Waals surface area contributed by atoms with Gasteiger partial charge in [0, 0.05) is 24.0 Å². The standard InChI is InChI=1S/C15H21ClN2O3.ClH/c1-11(21-14-4-2-3-12(16)7-14)9-18-15(19)8-13-10-20-6-5-17-13;/h2-4,7,11,13,17H,5-6,8-10H2,1H3,(H,18,19);1H. The molecule has 1 aliphatic heterocycles. The number of halogens is 2. The zero-order valence-electron chi connectivity index (χ0n) is 12.5.